The van der Waals surface area contributed by atoms with Crippen molar-refractivity contribution in [1.29, 1.82) is 5.41 Å². The van der Waals surface area contributed by atoms with Crippen LogP contribution < -0.4 is 49.1 Å². The van der Waals surface area contributed by atoms with Crippen LogP contribution in [0.1, 0.15) is 51.4 Å². The number of aliphatic carboxylic acids is 2. The van der Waals surface area contributed by atoms with Crippen molar-refractivity contribution in [1.82, 2.24) is 36.8 Å². The topological polar surface area (TPSA) is 375 Å². The number of amides is 6. The Kier molecular flexibility index (Phi) is 19.3. The Labute approximate surface area is 287 Å². The highest BCUT2D eigenvalue weighted by Gasteiger charge is 2.39. The zero-order valence-corrected chi connectivity index (χ0v) is 27.6. The molecule has 0 bridgehead atoms. The fraction of sp³-hybridized carbons (Fsp3) is 0.679. The minimum absolute atomic E-state index is 0.0448. The first kappa shape index (κ1) is 42.9. The first-order valence-electron chi connectivity index (χ1n) is 16.0. The summed E-state index contributed by atoms with van der Waals surface area (Å²) in [5, 5.41) is 49.8. The third-order valence-electron chi connectivity index (χ3n) is 7.47. The van der Waals surface area contributed by atoms with Crippen molar-refractivity contribution in [3.05, 3.63) is 0 Å². The molecule has 1 rings (SSSR count). The fourth-order valence-corrected chi connectivity index (χ4v) is 4.95. The lowest BCUT2D eigenvalue weighted by atomic mass is 10.1. The maximum Gasteiger partial charge on any atom is 0.326 e. The molecule has 16 N–H and O–H groups in total. The minimum Gasteiger partial charge on any atom is -0.481 e. The van der Waals surface area contributed by atoms with Gasteiger partial charge >= 0.3 is 11.9 Å². The van der Waals surface area contributed by atoms with Crippen molar-refractivity contribution in [2.45, 2.75) is 81.6 Å². The van der Waals surface area contributed by atoms with Crippen LogP contribution in [0.3, 0.4) is 0 Å². The molecule has 0 spiro atoms. The molecule has 5 unspecified atom stereocenters. The highest BCUT2D eigenvalue weighted by molar-refractivity contribution is 5.97. The molecule has 6 amide bonds. The van der Waals surface area contributed by atoms with Gasteiger partial charge in [-0.2, -0.15) is 0 Å². The Morgan fingerprint density at radius 3 is 2.04 bits per heavy atom. The molecule has 1 heterocycles. The molecule has 22 nitrogen and oxygen atoms in total. The molecular formula is C28H49N11O11. The van der Waals surface area contributed by atoms with Gasteiger partial charge in [-0.25, -0.2) is 4.79 Å². The zero-order valence-electron chi connectivity index (χ0n) is 27.6. The predicted molar refractivity (Wildman–Crippen MR) is 174 cm³/mol. The number of carbonyl (C=O) groups excluding carboxylic acids is 6. The molecule has 282 valence electrons. The number of likely N-dealkylation sites (tertiary alicyclic amines) is 1. The first-order valence-corrected chi connectivity index (χ1v) is 16.0. The number of nitrogens with one attached hydrogen (secondary N) is 7. The molecule has 1 saturated heterocycles. The van der Waals surface area contributed by atoms with E-state index in [-0.39, 0.29) is 44.7 Å². The molecule has 0 aromatic rings. The van der Waals surface area contributed by atoms with Crippen molar-refractivity contribution in [3.8, 4) is 0 Å². The summed E-state index contributed by atoms with van der Waals surface area (Å²) >= 11 is 0. The number of carboxylic acids is 2. The van der Waals surface area contributed by atoms with Gasteiger partial charge in [0, 0.05) is 13.1 Å². The van der Waals surface area contributed by atoms with E-state index in [2.05, 4.69) is 31.9 Å². The lowest BCUT2D eigenvalue weighted by Crippen LogP contribution is -2.59. The molecule has 0 aliphatic carbocycles. The Balaban J connectivity index is 2.90. The molecule has 5 atom stereocenters. The van der Waals surface area contributed by atoms with Gasteiger partial charge in [0.05, 0.1) is 26.1 Å². The number of rotatable bonds is 23. The number of carbonyl (C=O) groups is 8. The summed E-state index contributed by atoms with van der Waals surface area (Å²) in [6, 6.07) is -6.90. The Morgan fingerprint density at radius 2 is 1.46 bits per heavy atom. The Hall–Kier alpha value is -5.09. The summed E-state index contributed by atoms with van der Waals surface area (Å²) < 4.78 is 0. The van der Waals surface area contributed by atoms with Crippen LogP contribution in [0.4, 0.5) is 0 Å². The van der Waals surface area contributed by atoms with Crippen molar-refractivity contribution >= 4 is 53.3 Å². The van der Waals surface area contributed by atoms with Crippen LogP contribution in [0.15, 0.2) is 0 Å². The average molecular weight is 716 g/mol. The van der Waals surface area contributed by atoms with Gasteiger partial charge in [0.25, 0.3) is 0 Å². The van der Waals surface area contributed by atoms with Crippen LogP contribution >= 0.6 is 0 Å². The summed E-state index contributed by atoms with van der Waals surface area (Å²) in [5.41, 5.74) is 15.9. The van der Waals surface area contributed by atoms with E-state index in [1.807, 2.05) is 0 Å². The summed E-state index contributed by atoms with van der Waals surface area (Å²) in [5.74, 6) is -8.36. The molecule has 1 aliphatic heterocycles. The van der Waals surface area contributed by atoms with E-state index in [0.717, 1.165) is 4.90 Å². The summed E-state index contributed by atoms with van der Waals surface area (Å²) in [6.45, 7) is -1.55. The van der Waals surface area contributed by atoms with E-state index in [1.165, 1.54) is 0 Å². The van der Waals surface area contributed by atoms with E-state index >= 15 is 0 Å². The fourth-order valence-electron chi connectivity index (χ4n) is 4.95. The van der Waals surface area contributed by atoms with Gasteiger partial charge in [0.1, 0.15) is 30.2 Å². The van der Waals surface area contributed by atoms with Gasteiger partial charge < -0.3 is 69.3 Å². The van der Waals surface area contributed by atoms with Gasteiger partial charge in [-0.1, -0.05) is 0 Å². The number of nitrogens with two attached hydrogens (primary N) is 3. The van der Waals surface area contributed by atoms with Crippen molar-refractivity contribution < 1.29 is 53.7 Å². The molecule has 0 radical (unpaired) electrons. The molecule has 22 heteroatoms. The molecular weight excluding hydrogens is 666 g/mol. The second-order valence-electron chi connectivity index (χ2n) is 11.4. The predicted octanol–water partition coefficient (Wildman–Crippen LogP) is -6.06. The molecule has 50 heavy (non-hydrogen) atoms. The number of aliphatic hydroxyl groups excluding tert-OH is 1. The number of aliphatic hydroxyl groups is 1. The van der Waals surface area contributed by atoms with Gasteiger partial charge in [0.15, 0.2) is 5.96 Å². The highest BCUT2D eigenvalue weighted by Crippen LogP contribution is 2.19. The van der Waals surface area contributed by atoms with Crippen LogP contribution in [0, 0.1) is 5.41 Å². The highest BCUT2D eigenvalue weighted by atomic mass is 16.4. The lowest BCUT2D eigenvalue weighted by Gasteiger charge is -2.29. The second-order valence-corrected chi connectivity index (χ2v) is 11.4. The van der Waals surface area contributed by atoms with E-state index in [1.54, 1.807) is 0 Å². The van der Waals surface area contributed by atoms with Gasteiger partial charge in [-0.3, -0.25) is 39.0 Å². The van der Waals surface area contributed by atoms with Crippen LogP contribution in [0.25, 0.3) is 0 Å². The normalized spacial score (nSPS) is 16.1. The Bertz CT molecular complexity index is 1240. The van der Waals surface area contributed by atoms with Crippen LogP contribution in [-0.2, 0) is 38.4 Å². The molecule has 1 fully saturated rings. The van der Waals surface area contributed by atoms with E-state index < -0.39 is 104 Å². The maximum atomic E-state index is 13.3. The molecule has 0 aromatic carbocycles. The second kappa shape index (κ2) is 22.5. The number of guanidine groups is 1. The van der Waals surface area contributed by atoms with Crippen LogP contribution in [-0.4, -0.2) is 143 Å². The Morgan fingerprint density at radius 1 is 0.800 bits per heavy atom. The summed E-state index contributed by atoms with van der Waals surface area (Å²) in [4.78, 5) is 101. The number of carboxylic acid groups (broad SMARTS) is 2. The average Bonchev–Trinajstić information content (AvgIpc) is 3.56. The number of hydrogen-bond acceptors (Lipinski definition) is 12. The summed E-state index contributed by atoms with van der Waals surface area (Å²) in [6.07, 6.45) is 1.02. The van der Waals surface area contributed by atoms with E-state index in [4.69, 9.17) is 22.6 Å². The third kappa shape index (κ3) is 15.4. The minimum atomic E-state index is -1.77. The zero-order chi connectivity index (χ0) is 37.8. The lowest BCUT2D eigenvalue weighted by molar-refractivity contribution is -0.145. The largest absolute Gasteiger partial charge is 0.481 e. The molecule has 0 saturated carbocycles. The van der Waals surface area contributed by atoms with Gasteiger partial charge in [-0.05, 0) is 51.5 Å². The van der Waals surface area contributed by atoms with Crippen molar-refractivity contribution in [3.63, 3.8) is 0 Å². The molecule has 0 aromatic heterocycles. The molecule has 1 aliphatic rings. The monoisotopic (exact) mass is 715 g/mol. The SMILES string of the molecule is N=C(N)NCCCC(NC(=O)CN)C(=O)NCC(=O)NC(CC(=O)O)C(=O)NC(CO)C(=O)N1CCCC1C(=O)NC(CCCCN)C(=O)O. The summed E-state index contributed by atoms with van der Waals surface area (Å²) in [7, 11) is 0. The van der Waals surface area contributed by atoms with Crippen molar-refractivity contribution in [2.24, 2.45) is 17.2 Å². The number of hydrogen-bond donors (Lipinski definition) is 13. The standard InChI is InChI=1S/C28H49N11O11/c29-8-2-1-5-16(27(49)50)37-25(47)19-7-4-10-39(19)26(48)18(14-40)38-24(46)17(11-22(43)44)36-21(42)13-34-23(45)15(35-20(41)12-30)6-3-9-33-28(31)32/h15-19,40H,1-14,29-30H2,(H,34,45)(H,35,41)(H,36,42)(H,37,47)(H,38,46)(H,43,44)(H,49,50)(H4,31,32,33). The number of nitrogens with zero attached hydrogens (tertiary/aromatic N) is 1. The first-order chi connectivity index (χ1) is 23.6. The smallest absolute Gasteiger partial charge is 0.326 e. The third-order valence-corrected chi connectivity index (χ3v) is 7.47. The maximum absolute atomic E-state index is 13.3. The van der Waals surface area contributed by atoms with E-state index in [9.17, 15) is 53.7 Å². The van der Waals surface area contributed by atoms with Crippen molar-refractivity contribution in [2.75, 3.05) is 39.3 Å². The van der Waals surface area contributed by atoms with Gasteiger partial charge in [-0.15, -0.1) is 0 Å². The van der Waals surface area contributed by atoms with Crippen LogP contribution in [0.2, 0.25) is 0 Å². The number of unbranched alkanes of at least 4 members (excludes halogenated alkanes) is 1. The van der Waals surface area contributed by atoms with E-state index in [0.29, 0.717) is 25.8 Å². The van der Waals surface area contributed by atoms with Crippen LogP contribution in [0.5, 0.6) is 0 Å². The quantitative estimate of drug-likeness (QED) is 0.0266. The van der Waals surface area contributed by atoms with Gasteiger partial charge in [0.2, 0.25) is 35.4 Å².